The van der Waals surface area contributed by atoms with E-state index in [0.29, 0.717) is 43.4 Å². The lowest BCUT2D eigenvalue weighted by atomic mass is 9.95. The molecule has 0 aliphatic carbocycles. The van der Waals surface area contributed by atoms with Crippen molar-refractivity contribution in [1.29, 1.82) is 5.41 Å². The number of nitrogens with one attached hydrogen (secondary N) is 20. The monoisotopic (exact) mass is 2060 g/mol. The zero-order valence-corrected chi connectivity index (χ0v) is 84.2. The first kappa shape index (κ1) is 120. The molecule has 30 N–H and O–H groups in total. The Morgan fingerprint density at radius 3 is 1.35 bits per heavy atom. The topological polar surface area (TPSA) is 790 Å². The Hall–Kier alpha value is -14.3. The van der Waals surface area contributed by atoms with Gasteiger partial charge in [0.25, 0.3) is 0 Å². The lowest BCUT2D eigenvalue weighted by molar-refractivity contribution is -0.149. The first-order chi connectivity index (χ1) is 69.9. The van der Waals surface area contributed by atoms with Gasteiger partial charge < -0.3 is 152 Å². The molecule has 2 aromatic carbocycles. The van der Waals surface area contributed by atoms with Gasteiger partial charge in [0.1, 0.15) is 108 Å². The van der Waals surface area contributed by atoms with E-state index in [1.807, 2.05) is 0 Å². The highest BCUT2D eigenvalue weighted by atomic mass is 16.4. The molecule has 0 spiro atoms. The second kappa shape index (κ2) is 59.9. The van der Waals surface area contributed by atoms with Crippen molar-refractivity contribution in [3.63, 3.8) is 0 Å². The van der Waals surface area contributed by atoms with E-state index in [4.69, 9.17) is 16.9 Å². The van der Waals surface area contributed by atoms with Crippen LogP contribution in [0.5, 0.6) is 5.75 Å². The van der Waals surface area contributed by atoms with E-state index in [1.54, 1.807) is 85.7 Å². The Morgan fingerprint density at radius 2 is 0.864 bits per heavy atom. The fraction of sp³-hybridized carbons (Fsp3) is 0.604. The average Bonchev–Trinajstić information content (AvgIpc) is 1.70. The van der Waals surface area contributed by atoms with Crippen LogP contribution >= 0.6 is 0 Å². The van der Waals surface area contributed by atoms with Crippen molar-refractivity contribution in [2.75, 3.05) is 52.5 Å². The van der Waals surface area contributed by atoms with Gasteiger partial charge in [-0.15, -0.1) is 0 Å². The van der Waals surface area contributed by atoms with Crippen LogP contribution in [0.15, 0.2) is 79.6 Å². The first-order valence-corrected chi connectivity index (χ1v) is 49.6. The van der Waals surface area contributed by atoms with Gasteiger partial charge in [0, 0.05) is 64.1 Å². The van der Waals surface area contributed by atoms with Crippen LogP contribution in [0.3, 0.4) is 0 Å². The van der Waals surface area contributed by atoms with Crippen molar-refractivity contribution in [3.8, 4) is 5.75 Å². The van der Waals surface area contributed by atoms with E-state index in [2.05, 4.69) is 110 Å². The number of hydrogen-bond acceptors (Lipinski definition) is 28. The summed E-state index contributed by atoms with van der Waals surface area (Å²) >= 11 is 0. The molecule has 4 aromatic rings. The van der Waals surface area contributed by atoms with Crippen LogP contribution in [-0.2, 0) is 117 Å². The number of aromatic amines is 2. The summed E-state index contributed by atoms with van der Waals surface area (Å²) in [6, 6.07) is -12.6. The lowest BCUT2D eigenvalue weighted by Gasteiger charge is -2.32. The van der Waals surface area contributed by atoms with Crippen molar-refractivity contribution < 1.29 is 122 Å². The third kappa shape index (κ3) is 37.9. The smallest absolute Gasteiger partial charge is 0.326 e. The number of carbonyl (C=O) groups excluding carboxylic acids is 17. The van der Waals surface area contributed by atoms with Gasteiger partial charge >= 0.3 is 11.9 Å². The van der Waals surface area contributed by atoms with Crippen LogP contribution < -0.4 is 102 Å². The zero-order valence-electron chi connectivity index (χ0n) is 84.2. The number of likely N-dealkylation sites (tertiary alicyclic amines) is 2. The second-order valence-corrected chi connectivity index (χ2v) is 38.1. The summed E-state index contributed by atoms with van der Waals surface area (Å²) < 4.78 is 0. The number of H-pyrrole nitrogens is 2. The molecular weight excluding hydrogens is 1920 g/mol. The van der Waals surface area contributed by atoms with E-state index < -0.39 is 284 Å². The third-order valence-electron chi connectivity index (χ3n) is 25.4. The van der Waals surface area contributed by atoms with Gasteiger partial charge in [-0.3, -0.25) is 91.7 Å². The molecule has 0 bridgehead atoms. The predicted molar refractivity (Wildman–Crippen MR) is 528 cm³/mol. The van der Waals surface area contributed by atoms with Gasteiger partial charge in [0.2, 0.25) is 100 Å². The first-order valence-electron chi connectivity index (χ1n) is 49.6. The van der Waals surface area contributed by atoms with Crippen molar-refractivity contribution in [1.82, 2.24) is 120 Å². The molecule has 51 nitrogen and oxygen atoms in total. The SMILES string of the molecule is CC[C@H](C)[C@H](NC(=O)[C@H](CCC(=O)O)NC(=O)[C@@H]1CCCN1C(=O)[C@@H](NC(=O)[C@H](CO)NC(=O)[C@H](CO)NC(=O)[C@H](Cc1ccccc1)NC(=O)[C@@H]1CCCN1)C(C)C)C(=O)N[C@H](C(=O)N[C@@H](Cc1c[nH]cn1)C(=O)N[C@@H](Cc1c[nH]cn1)C(=O)N[C@@H](Cc1ccc(O)cc1)C(=O)N[C@@H](C)C(=O)N[C@@H](CO)C(=O)N[C@@H](CCCNC(=N)N)C(=O)N[C@@H](CCCCN)C(=O)N[C@@H](CC(C)C)C(=O)N1CCC[C@H]1C(=O)O)C(C)C. The third-order valence-corrected chi connectivity index (χ3v) is 25.4. The molecule has 19 atom stereocenters. The molecule has 0 saturated carbocycles. The van der Waals surface area contributed by atoms with Gasteiger partial charge in [0.05, 0.1) is 49.9 Å². The number of unbranched alkanes of at least 4 members (excludes halogenated alkanes) is 1. The van der Waals surface area contributed by atoms with Crippen LogP contribution in [0.4, 0.5) is 0 Å². The van der Waals surface area contributed by atoms with Gasteiger partial charge in [-0.05, 0) is 150 Å². The van der Waals surface area contributed by atoms with Crippen molar-refractivity contribution in [3.05, 3.63) is 102 Å². The molecule has 2 aromatic heterocycles. The van der Waals surface area contributed by atoms with Crippen LogP contribution in [-0.4, -0.2) is 340 Å². The van der Waals surface area contributed by atoms with Crippen molar-refractivity contribution in [2.45, 2.75) is 293 Å². The second-order valence-electron chi connectivity index (χ2n) is 38.1. The molecule has 810 valence electrons. The summed E-state index contributed by atoms with van der Waals surface area (Å²) in [7, 11) is 0. The molecule has 51 heteroatoms. The number of hydrogen-bond donors (Lipinski definition) is 28. The number of carboxylic acid groups (broad SMARTS) is 2. The highest BCUT2D eigenvalue weighted by Crippen LogP contribution is 2.25. The molecular formula is C96H146N26O25. The molecule has 3 aliphatic rings. The van der Waals surface area contributed by atoms with E-state index in [0.717, 1.165) is 11.3 Å². The van der Waals surface area contributed by atoms with Gasteiger partial charge in [-0.2, -0.15) is 0 Å². The van der Waals surface area contributed by atoms with Crippen LogP contribution in [0, 0.1) is 29.1 Å². The molecule has 7 rings (SSSR count). The zero-order chi connectivity index (χ0) is 108. The van der Waals surface area contributed by atoms with E-state index in [-0.39, 0.29) is 120 Å². The number of carboxylic acids is 2. The van der Waals surface area contributed by atoms with Gasteiger partial charge in [-0.1, -0.05) is 104 Å². The number of aliphatic hydroxyl groups excluding tert-OH is 3. The maximum Gasteiger partial charge on any atom is 0.326 e. The number of carbonyl (C=O) groups is 19. The number of aliphatic carboxylic acids is 2. The Balaban J connectivity index is 1.04. The Bertz CT molecular complexity index is 5090. The number of imidazole rings is 2. The molecule has 17 amide bonds. The number of phenols is 1. The molecule has 3 aliphatic heterocycles. The molecule has 0 unspecified atom stereocenters. The maximum atomic E-state index is 15.1. The minimum Gasteiger partial charge on any atom is -0.508 e. The highest BCUT2D eigenvalue weighted by Gasteiger charge is 2.45. The minimum atomic E-state index is -1.85. The fourth-order valence-corrected chi connectivity index (χ4v) is 16.9. The summed E-state index contributed by atoms with van der Waals surface area (Å²) in [5.74, 6) is -21.8. The van der Waals surface area contributed by atoms with Gasteiger partial charge in [0.15, 0.2) is 5.96 Å². The van der Waals surface area contributed by atoms with E-state index >= 15 is 9.59 Å². The number of rotatable bonds is 61. The predicted octanol–water partition coefficient (Wildman–Crippen LogP) is -6.14. The van der Waals surface area contributed by atoms with Crippen molar-refractivity contribution >= 4 is 118 Å². The maximum absolute atomic E-state index is 15.1. The summed E-state index contributed by atoms with van der Waals surface area (Å²) in [6.07, 6.45) is 5.73. The minimum absolute atomic E-state index is 0.00237. The number of nitrogens with zero attached hydrogens (tertiary/aromatic N) is 4. The Labute approximate surface area is 850 Å². The average molecular weight is 2060 g/mol. The standard InChI is InChI=1S/C96H146N26O25/c1-10-53(8)77(120-82(133)63(31-32-74(127)128)109-90(141)72-25-18-36-121(72)94(145)76(52(6)7)119-89(140)71(47-125)117-88(139)70(46-124)116-84(135)65(39-55-20-12-11-13-21-55)110-79(130)60-23-16-34-102-60)92(143)118-75(51(4)5)91(142)113-67(42-58-44-101-49-105-58)86(137)112-66(41-57-43-100-48-104-57)85(136)111-64(40-56-27-29-59(126)30-28-56)83(134)106-54(9)78(129)115-69(45-123)87(138)108-62(24-17-35-103-96(98)99)80(131)107-61(22-14-15-33-97)81(132)114-68(38-50(2)3)93(144)122-37-19-26-73(122)95(146)147/h11-13,20-21,27-30,43-44,48-54,60-73,75-77,102,123-126H,10,14-19,22-26,31-42,45-47,97H2,1-9H3,(H,100,104)(H,101,105)(H,106,134)(H,107,131)(H,108,138)(H,109,141)(H,110,130)(H,111,136)(H,112,137)(H,113,142)(H,114,132)(H,115,129)(H,116,135)(H,117,139)(H,118,143)(H,119,140)(H,120,133)(H,127,128)(H,146,147)(H4,98,99,103)/t53-,54-,60-,61-,62-,63-,64-,65-,66-,67-,68-,69-,70-,71-,72-,73-,75-,76-,77-/m0/s1. The fourth-order valence-electron chi connectivity index (χ4n) is 16.9. The van der Waals surface area contributed by atoms with E-state index in [9.17, 15) is 112 Å². The number of guanidine groups is 1. The van der Waals surface area contributed by atoms with Gasteiger partial charge in [-0.25, -0.2) is 14.8 Å². The number of aromatic hydroxyl groups is 1. The summed E-state index contributed by atoms with van der Waals surface area (Å²) in [6.45, 7) is 11.9. The number of amides is 17. The molecule has 3 fully saturated rings. The number of benzene rings is 2. The quantitative estimate of drug-likeness (QED) is 0.0111. The Kier molecular flexibility index (Phi) is 48.8. The van der Waals surface area contributed by atoms with Crippen LogP contribution in [0.1, 0.15) is 181 Å². The molecule has 3 saturated heterocycles. The van der Waals surface area contributed by atoms with Crippen molar-refractivity contribution in [2.24, 2.45) is 35.1 Å². The molecule has 0 radical (unpaired) electrons. The van der Waals surface area contributed by atoms with Crippen LogP contribution in [0.25, 0.3) is 0 Å². The van der Waals surface area contributed by atoms with Crippen LogP contribution in [0.2, 0.25) is 0 Å². The largest absolute Gasteiger partial charge is 0.508 e. The normalized spacial score (nSPS) is 17.7. The lowest BCUT2D eigenvalue weighted by Crippen LogP contribution is -2.62. The summed E-state index contributed by atoms with van der Waals surface area (Å²) in [4.78, 5) is 286. The number of phenolic OH excluding ortho intramolecular Hbond substituents is 1. The summed E-state index contributed by atoms with van der Waals surface area (Å²) in [5, 5.41) is 113. The number of nitrogens with two attached hydrogens (primary N) is 2. The number of aromatic nitrogens is 4. The highest BCUT2D eigenvalue weighted by molar-refractivity contribution is 6.02. The Morgan fingerprint density at radius 1 is 0.442 bits per heavy atom. The number of aliphatic hydroxyl groups is 3. The molecule has 147 heavy (non-hydrogen) atoms. The molecule has 5 heterocycles. The summed E-state index contributed by atoms with van der Waals surface area (Å²) in [5.41, 5.74) is 12.7. The van der Waals surface area contributed by atoms with E-state index in [1.165, 1.54) is 61.1 Å².